The number of imide groups is 1. The van der Waals surface area contributed by atoms with Crippen molar-refractivity contribution in [2.24, 2.45) is 0 Å². The van der Waals surface area contributed by atoms with Gasteiger partial charge in [-0.25, -0.2) is 9.29 Å². The monoisotopic (exact) mass is 438 g/mol. The second kappa shape index (κ2) is 8.34. The van der Waals surface area contributed by atoms with Gasteiger partial charge in [-0.1, -0.05) is 59.3 Å². The summed E-state index contributed by atoms with van der Waals surface area (Å²) in [5, 5.41) is 2.91. The molecule has 3 aromatic carbocycles. The van der Waals surface area contributed by atoms with E-state index in [2.05, 4.69) is 5.32 Å². The Morgan fingerprint density at radius 1 is 0.933 bits per heavy atom. The SMILES string of the molecule is Cc1ccc(SC2=C(Nc3ccccc3)C(=O)N(c3ccc(F)c(Cl)c3)C2=O)cc1. The number of benzene rings is 3. The van der Waals surface area contributed by atoms with Crippen molar-refractivity contribution in [3.8, 4) is 0 Å². The van der Waals surface area contributed by atoms with Crippen molar-refractivity contribution in [3.63, 3.8) is 0 Å². The Labute approximate surface area is 182 Å². The second-order valence-corrected chi connectivity index (χ2v) is 8.15. The number of aryl methyl sites for hydroxylation is 1. The second-order valence-electron chi connectivity index (χ2n) is 6.65. The number of para-hydroxylation sites is 1. The summed E-state index contributed by atoms with van der Waals surface area (Å²) in [5.74, 6) is -1.64. The molecule has 30 heavy (non-hydrogen) atoms. The van der Waals surface area contributed by atoms with Crippen LogP contribution in [0.25, 0.3) is 0 Å². The fourth-order valence-electron chi connectivity index (χ4n) is 2.96. The van der Waals surface area contributed by atoms with Crippen LogP contribution in [-0.4, -0.2) is 11.8 Å². The predicted octanol–water partition coefficient (Wildman–Crippen LogP) is 5.78. The number of carbonyl (C=O) groups excluding carboxylic acids is 2. The Morgan fingerprint density at radius 3 is 2.30 bits per heavy atom. The van der Waals surface area contributed by atoms with E-state index in [1.54, 1.807) is 12.1 Å². The van der Waals surface area contributed by atoms with Crippen LogP contribution in [0.1, 0.15) is 5.56 Å². The van der Waals surface area contributed by atoms with Gasteiger partial charge in [0.1, 0.15) is 16.4 Å². The number of hydrogen-bond acceptors (Lipinski definition) is 4. The number of anilines is 2. The number of halogens is 2. The van der Waals surface area contributed by atoms with Gasteiger partial charge in [0.05, 0.1) is 10.7 Å². The molecule has 150 valence electrons. The highest BCUT2D eigenvalue weighted by molar-refractivity contribution is 8.04. The van der Waals surface area contributed by atoms with Gasteiger partial charge in [-0.15, -0.1) is 0 Å². The molecule has 1 N–H and O–H groups in total. The van der Waals surface area contributed by atoms with E-state index in [0.29, 0.717) is 5.69 Å². The summed E-state index contributed by atoms with van der Waals surface area (Å²) in [6.07, 6.45) is 0. The average Bonchev–Trinajstić information content (AvgIpc) is 2.96. The molecule has 4 rings (SSSR count). The minimum Gasteiger partial charge on any atom is -0.350 e. The van der Waals surface area contributed by atoms with Crippen molar-refractivity contribution >= 4 is 46.6 Å². The zero-order chi connectivity index (χ0) is 21.3. The predicted molar refractivity (Wildman–Crippen MR) is 118 cm³/mol. The highest BCUT2D eigenvalue weighted by Crippen LogP contribution is 2.38. The largest absolute Gasteiger partial charge is 0.350 e. The molecule has 0 saturated carbocycles. The summed E-state index contributed by atoms with van der Waals surface area (Å²) in [6, 6.07) is 20.5. The van der Waals surface area contributed by atoms with Gasteiger partial charge in [0, 0.05) is 10.6 Å². The normalized spacial score (nSPS) is 13.9. The quantitative estimate of drug-likeness (QED) is 0.513. The van der Waals surface area contributed by atoms with E-state index in [0.717, 1.165) is 21.4 Å². The summed E-state index contributed by atoms with van der Waals surface area (Å²) in [5.41, 5.74) is 2.14. The Hall–Kier alpha value is -3.09. The van der Waals surface area contributed by atoms with Gasteiger partial charge in [-0.2, -0.15) is 0 Å². The minimum atomic E-state index is -0.621. The topological polar surface area (TPSA) is 49.4 Å². The lowest BCUT2D eigenvalue weighted by Gasteiger charge is -2.15. The smallest absolute Gasteiger partial charge is 0.283 e. The van der Waals surface area contributed by atoms with Crippen molar-refractivity contribution < 1.29 is 14.0 Å². The Morgan fingerprint density at radius 2 is 1.63 bits per heavy atom. The molecule has 1 heterocycles. The average molecular weight is 439 g/mol. The van der Waals surface area contributed by atoms with E-state index in [4.69, 9.17) is 11.6 Å². The van der Waals surface area contributed by atoms with E-state index >= 15 is 0 Å². The van der Waals surface area contributed by atoms with Gasteiger partial charge < -0.3 is 5.32 Å². The molecule has 0 fully saturated rings. The van der Waals surface area contributed by atoms with Gasteiger partial charge in [-0.05, 0) is 49.4 Å². The molecule has 0 bridgehead atoms. The molecule has 0 saturated heterocycles. The molecule has 0 atom stereocenters. The zero-order valence-electron chi connectivity index (χ0n) is 15.9. The van der Waals surface area contributed by atoms with E-state index in [-0.39, 0.29) is 21.3 Å². The van der Waals surface area contributed by atoms with Gasteiger partial charge in [0.2, 0.25) is 0 Å². The van der Waals surface area contributed by atoms with E-state index < -0.39 is 17.6 Å². The number of amides is 2. The fraction of sp³-hybridized carbons (Fsp3) is 0.0435. The molecule has 1 aliphatic heterocycles. The molecular weight excluding hydrogens is 423 g/mol. The first-order chi connectivity index (χ1) is 14.4. The first kappa shape index (κ1) is 20.2. The van der Waals surface area contributed by atoms with Gasteiger partial charge in [-0.3, -0.25) is 9.59 Å². The highest BCUT2D eigenvalue weighted by atomic mass is 35.5. The third kappa shape index (κ3) is 3.97. The lowest BCUT2D eigenvalue weighted by Crippen LogP contribution is -2.32. The zero-order valence-corrected chi connectivity index (χ0v) is 17.4. The summed E-state index contributed by atoms with van der Waals surface area (Å²) in [7, 11) is 0. The van der Waals surface area contributed by atoms with Crippen molar-refractivity contribution in [1.82, 2.24) is 0 Å². The van der Waals surface area contributed by atoms with E-state index in [1.807, 2.05) is 49.4 Å². The lowest BCUT2D eigenvalue weighted by atomic mass is 10.2. The molecular formula is C23H16ClFN2O2S. The number of carbonyl (C=O) groups is 2. The molecule has 4 nitrogen and oxygen atoms in total. The van der Waals surface area contributed by atoms with Gasteiger partial charge in [0.25, 0.3) is 11.8 Å². The molecule has 2 amide bonds. The summed E-state index contributed by atoms with van der Waals surface area (Å²) >= 11 is 7.08. The Bertz CT molecular complexity index is 1160. The van der Waals surface area contributed by atoms with Crippen LogP contribution in [0.5, 0.6) is 0 Å². The molecule has 1 aliphatic rings. The highest BCUT2D eigenvalue weighted by Gasteiger charge is 2.40. The molecule has 0 aromatic heterocycles. The number of rotatable bonds is 5. The third-order valence-electron chi connectivity index (χ3n) is 4.49. The molecule has 3 aromatic rings. The van der Waals surface area contributed by atoms with Crippen molar-refractivity contribution in [2.75, 3.05) is 10.2 Å². The fourth-order valence-corrected chi connectivity index (χ4v) is 4.06. The number of thioether (sulfide) groups is 1. The molecule has 0 radical (unpaired) electrons. The van der Waals surface area contributed by atoms with Crippen LogP contribution in [0.4, 0.5) is 15.8 Å². The molecule has 0 spiro atoms. The number of nitrogens with zero attached hydrogens (tertiary/aromatic N) is 1. The maximum absolute atomic E-state index is 13.6. The Balaban J connectivity index is 1.75. The van der Waals surface area contributed by atoms with Crippen LogP contribution >= 0.6 is 23.4 Å². The van der Waals surface area contributed by atoms with Gasteiger partial charge in [0.15, 0.2) is 0 Å². The van der Waals surface area contributed by atoms with Gasteiger partial charge >= 0.3 is 0 Å². The Kier molecular flexibility index (Phi) is 5.61. The first-order valence-electron chi connectivity index (χ1n) is 9.09. The maximum atomic E-state index is 13.6. The third-order valence-corrected chi connectivity index (χ3v) is 5.87. The molecule has 7 heteroatoms. The van der Waals surface area contributed by atoms with Crippen LogP contribution in [-0.2, 0) is 9.59 Å². The minimum absolute atomic E-state index is 0.162. The van der Waals surface area contributed by atoms with Crippen molar-refractivity contribution in [2.45, 2.75) is 11.8 Å². The van der Waals surface area contributed by atoms with Crippen LogP contribution < -0.4 is 10.2 Å². The number of hydrogen-bond donors (Lipinski definition) is 1. The summed E-state index contributed by atoms with van der Waals surface area (Å²) in [6.45, 7) is 1.97. The molecule has 0 aliphatic carbocycles. The number of nitrogens with one attached hydrogen (secondary N) is 1. The van der Waals surface area contributed by atoms with Crippen LogP contribution in [0.3, 0.4) is 0 Å². The first-order valence-corrected chi connectivity index (χ1v) is 10.3. The van der Waals surface area contributed by atoms with E-state index in [1.165, 1.54) is 23.9 Å². The maximum Gasteiger partial charge on any atom is 0.283 e. The van der Waals surface area contributed by atoms with E-state index in [9.17, 15) is 14.0 Å². The van der Waals surface area contributed by atoms with Crippen molar-refractivity contribution in [3.05, 3.63) is 99.8 Å². The van der Waals surface area contributed by atoms with Crippen LogP contribution in [0.2, 0.25) is 5.02 Å². The van der Waals surface area contributed by atoms with Crippen LogP contribution in [0.15, 0.2) is 88.3 Å². The standard InChI is InChI=1S/C23H16ClFN2O2S/c1-14-7-10-17(11-8-14)30-21-20(26-15-5-3-2-4-6-15)22(28)27(23(21)29)16-9-12-19(25)18(24)13-16/h2-13,26H,1H3. The summed E-state index contributed by atoms with van der Waals surface area (Å²) < 4.78 is 13.6. The van der Waals surface area contributed by atoms with Crippen molar-refractivity contribution in [1.29, 1.82) is 0 Å². The lowest BCUT2D eigenvalue weighted by molar-refractivity contribution is -0.120. The summed E-state index contributed by atoms with van der Waals surface area (Å²) in [4.78, 5) is 28.5. The molecule has 0 unspecified atom stereocenters. The van der Waals surface area contributed by atoms with Crippen LogP contribution in [0, 0.1) is 12.7 Å².